The Balaban J connectivity index is 1.87. The van der Waals surface area contributed by atoms with Crippen molar-refractivity contribution in [3.05, 3.63) is 71.3 Å². The molecule has 3 aromatic rings. The molecule has 0 aliphatic heterocycles. The maximum Gasteiger partial charge on any atom is 0.336 e. The molecule has 0 bridgehead atoms. The van der Waals surface area contributed by atoms with E-state index in [2.05, 4.69) is 25.5 Å². The second kappa shape index (κ2) is 8.83. The van der Waals surface area contributed by atoms with E-state index in [1.165, 1.54) is 0 Å². The molecule has 146 valence electrons. The van der Waals surface area contributed by atoms with Crippen molar-refractivity contribution in [2.45, 2.75) is 52.5 Å². The fraction of sp³-hybridized carbons (Fsp3) is 0.348. The minimum absolute atomic E-state index is 0.315. The molecular weight excluding hydrogens is 350 g/mol. The molecule has 0 aliphatic carbocycles. The minimum Gasteiger partial charge on any atom is -0.478 e. The van der Waals surface area contributed by atoms with E-state index in [9.17, 15) is 9.90 Å². The van der Waals surface area contributed by atoms with Gasteiger partial charge in [0.1, 0.15) is 5.82 Å². The summed E-state index contributed by atoms with van der Waals surface area (Å²) in [7, 11) is 0. The van der Waals surface area contributed by atoms with E-state index in [0.717, 1.165) is 47.6 Å². The number of nitrogens with zero attached hydrogens (tertiary/aromatic N) is 3. The first-order valence-electron chi connectivity index (χ1n) is 9.89. The Kier molecular flexibility index (Phi) is 6.24. The topological polar surface area (TPSA) is 68.0 Å². The van der Waals surface area contributed by atoms with Crippen molar-refractivity contribution in [3.63, 3.8) is 0 Å². The summed E-state index contributed by atoms with van der Waals surface area (Å²) in [5.41, 5.74) is 3.08. The first-order valence-corrected chi connectivity index (χ1v) is 9.89. The Morgan fingerprint density at radius 3 is 2.46 bits per heavy atom. The van der Waals surface area contributed by atoms with E-state index in [0.29, 0.717) is 18.0 Å². The van der Waals surface area contributed by atoms with Crippen LogP contribution >= 0.6 is 0 Å². The summed E-state index contributed by atoms with van der Waals surface area (Å²) in [6.07, 6.45) is 3.64. The van der Waals surface area contributed by atoms with Crippen molar-refractivity contribution in [1.82, 2.24) is 14.8 Å². The molecule has 0 fully saturated rings. The Morgan fingerprint density at radius 1 is 1.11 bits per heavy atom. The van der Waals surface area contributed by atoms with E-state index < -0.39 is 5.97 Å². The fourth-order valence-electron chi connectivity index (χ4n) is 3.29. The van der Waals surface area contributed by atoms with Gasteiger partial charge in [-0.3, -0.25) is 0 Å². The predicted molar refractivity (Wildman–Crippen MR) is 111 cm³/mol. The number of carbonyl (C=O) groups is 1. The van der Waals surface area contributed by atoms with Crippen LogP contribution in [0.5, 0.6) is 0 Å². The normalized spacial score (nSPS) is 12.1. The molecule has 3 rings (SSSR count). The molecule has 1 unspecified atom stereocenters. The van der Waals surface area contributed by atoms with Crippen molar-refractivity contribution in [1.29, 1.82) is 0 Å². The third kappa shape index (κ3) is 4.30. The van der Waals surface area contributed by atoms with Crippen LogP contribution in [0.3, 0.4) is 0 Å². The molecule has 1 aromatic heterocycles. The van der Waals surface area contributed by atoms with Crippen LogP contribution in [-0.2, 0) is 12.8 Å². The molecule has 0 saturated heterocycles. The van der Waals surface area contributed by atoms with Crippen molar-refractivity contribution < 1.29 is 9.90 Å². The monoisotopic (exact) mass is 377 g/mol. The van der Waals surface area contributed by atoms with E-state index in [1.807, 2.05) is 36.4 Å². The van der Waals surface area contributed by atoms with Gasteiger partial charge in [-0.25, -0.2) is 14.5 Å². The fourth-order valence-corrected chi connectivity index (χ4v) is 3.29. The molecule has 5 nitrogen and oxygen atoms in total. The number of aryl methyl sites for hydroxylation is 1. The van der Waals surface area contributed by atoms with Gasteiger partial charge in [-0.15, -0.1) is 0 Å². The quantitative estimate of drug-likeness (QED) is 0.589. The zero-order valence-electron chi connectivity index (χ0n) is 16.7. The Bertz CT molecular complexity index is 945. The molecule has 2 aromatic carbocycles. The second-order valence-electron chi connectivity index (χ2n) is 7.12. The summed E-state index contributed by atoms with van der Waals surface area (Å²) in [6.45, 7) is 6.46. The van der Waals surface area contributed by atoms with Crippen molar-refractivity contribution >= 4 is 5.97 Å². The Morgan fingerprint density at radius 2 is 1.82 bits per heavy atom. The number of hydrogen-bond acceptors (Lipinski definition) is 3. The van der Waals surface area contributed by atoms with E-state index in [4.69, 9.17) is 10.1 Å². The highest BCUT2D eigenvalue weighted by Gasteiger charge is 2.15. The SMILES string of the molecule is CCCc1nc(Cc2ccc(-c3ccccc3C(=O)O)cc2)n(C(C)CC)n1. The Hall–Kier alpha value is -2.95. The van der Waals surface area contributed by atoms with Crippen LogP contribution in [0, 0.1) is 0 Å². The number of carboxylic acids is 1. The number of carboxylic acid groups (broad SMARTS) is 1. The number of aromatic nitrogens is 3. The van der Waals surface area contributed by atoms with E-state index in [-0.39, 0.29) is 0 Å². The summed E-state index contributed by atoms with van der Waals surface area (Å²) >= 11 is 0. The number of hydrogen-bond donors (Lipinski definition) is 1. The van der Waals surface area contributed by atoms with E-state index >= 15 is 0 Å². The third-order valence-corrected chi connectivity index (χ3v) is 5.01. The van der Waals surface area contributed by atoms with Gasteiger partial charge in [0, 0.05) is 12.8 Å². The molecule has 1 heterocycles. The highest BCUT2D eigenvalue weighted by molar-refractivity contribution is 5.95. The van der Waals surface area contributed by atoms with Crippen LogP contribution in [0.15, 0.2) is 48.5 Å². The van der Waals surface area contributed by atoms with Crippen LogP contribution in [0.4, 0.5) is 0 Å². The maximum absolute atomic E-state index is 11.5. The van der Waals surface area contributed by atoms with Gasteiger partial charge in [-0.2, -0.15) is 5.10 Å². The summed E-state index contributed by atoms with van der Waals surface area (Å²) in [6, 6.07) is 15.4. The first kappa shape index (κ1) is 19.8. The molecular formula is C23H27N3O2. The smallest absolute Gasteiger partial charge is 0.336 e. The maximum atomic E-state index is 11.5. The zero-order valence-corrected chi connectivity index (χ0v) is 16.7. The lowest BCUT2D eigenvalue weighted by molar-refractivity contribution is 0.0697. The number of rotatable bonds is 8. The second-order valence-corrected chi connectivity index (χ2v) is 7.12. The molecule has 0 aliphatic rings. The highest BCUT2D eigenvalue weighted by Crippen LogP contribution is 2.25. The lowest BCUT2D eigenvalue weighted by atomic mass is 9.98. The van der Waals surface area contributed by atoms with Gasteiger partial charge in [0.15, 0.2) is 5.82 Å². The van der Waals surface area contributed by atoms with Crippen LogP contribution in [0.2, 0.25) is 0 Å². The van der Waals surface area contributed by atoms with Crippen molar-refractivity contribution in [3.8, 4) is 11.1 Å². The number of aromatic carboxylic acids is 1. The van der Waals surface area contributed by atoms with Gasteiger partial charge in [-0.1, -0.05) is 56.3 Å². The highest BCUT2D eigenvalue weighted by atomic mass is 16.4. The van der Waals surface area contributed by atoms with Crippen LogP contribution in [0.25, 0.3) is 11.1 Å². The minimum atomic E-state index is -0.912. The molecule has 1 atom stereocenters. The molecule has 0 amide bonds. The molecule has 28 heavy (non-hydrogen) atoms. The summed E-state index contributed by atoms with van der Waals surface area (Å²) < 4.78 is 2.05. The van der Waals surface area contributed by atoms with Gasteiger partial charge in [0.25, 0.3) is 0 Å². The average molecular weight is 377 g/mol. The van der Waals surface area contributed by atoms with Crippen LogP contribution in [-0.4, -0.2) is 25.8 Å². The third-order valence-electron chi connectivity index (χ3n) is 5.01. The summed E-state index contributed by atoms with van der Waals surface area (Å²) in [5.74, 6) is 0.978. The predicted octanol–water partition coefficient (Wildman–Crippen LogP) is 5.16. The summed E-state index contributed by atoms with van der Waals surface area (Å²) in [4.78, 5) is 16.2. The lowest BCUT2D eigenvalue weighted by Gasteiger charge is -2.12. The first-order chi connectivity index (χ1) is 13.5. The van der Waals surface area contributed by atoms with Gasteiger partial charge in [0.05, 0.1) is 11.6 Å². The van der Waals surface area contributed by atoms with Crippen LogP contribution < -0.4 is 0 Å². The average Bonchev–Trinajstić information content (AvgIpc) is 3.10. The standard InChI is InChI=1S/C23H27N3O2/c1-4-8-21-24-22(26(25-21)16(3)5-2)15-17-11-13-18(14-12-17)19-9-6-7-10-20(19)23(27)28/h6-7,9-14,16H,4-5,8,15H2,1-3H3,(H,27,28). The van der Waals surface area contributed by atoms with Gasteiger partial charge in [-0.05, 0) is 42.5 Å². The van der Waals surface area contributed by atoms with Gasteiger partial charge < -0.3 is 5.11 Å². The molecule has 1 N–H and O–H groups in total. The van der Waals surface area contributed by atoms with Crippen LogP contribution in [0.1, 0.15) is 67.2 Å². The number of benzene rings is 2. The molecule has 0 radical (unpaired) electrons. The molecule has 5 heteroatoms. The van der Waals surface area contributed by atoms with E-state index in [1.54, 1.807) is 12.1 Å². The van der Waals surface area contributed by atoms with Crippen molar-refractivity contribution in [2.24, 2.45) is 0 Å². The Labute approximate surface area is 166 Å². The lowest BCUT2D eigenvalue weighted by Crippen LogP contribution is -2.11. The zero-order chi connectivity index (χ0) is 20.1. The van der Waals surface area contributed by atoms with Gasteiger partial charge >= 0.3 is 5.97 Å². The molecule has 0 spiro atoms. The van der Waals surface area contributed by atoms with Gasteiger partial charge in [0.2, 0.25) is 0 Å². The largest absolute Gasteiger partial charge is 0.478 e. The molecule has 0 saturated carbocycles. The summed E-state index contributed by atoms with van der Waals surface area (Å²) in [5, 5.41) is 14.1. The van der Waals surface area contributed by atoms with Crippen molar-refractivity contribution in [2.75, 3.05) is 0 Å².